The van der Waals surface area contributed by atoms with Gasteiger partial charge >= 0.3 is 5.97 Å². The SMILES string of the molecule is O=C1CCCc2[nH]c(=O)c(C(=O)OCc3nc4ccc(Br)cc4o3)cc21. The number of aryl methyl sites for hydroxylation is 1. The molecule has 4 rings (SSSR count). The summed E-state index contributed by atoms with van der Waals surface area (Å²) in [7, 11) is 0. The van der Waals surface area contributed by atoms with Gasteiger partial charge in [-0.05, 0) is 37.1 Å². The van der Waals surface area contributed by atoms with Crippen LogP contribution in [0.4, 0.5) is 0 Å². The highest BCUT2D eigenvalue weighted by Gasteiger charge is 2.23. The van der Waals surface area contributed by atoms with Gasteiger partial charge in [-0.3, -0.25) is 9.59 Å². The topological polar surface area (TPSA) is 102 Å². The third kappa shape index (κ3) is 3.08. The molecule has 0 saturated carbocycles. The third-order valence-electron chi connectivity index (χ3n) is 4.20. The number of ether oxygens (including phenoxy) is 1. The largest absolute Gasteiger partial charge is 0.452 e. The highest BCUT2D eigenvalue weighted by molar-refractivity contribution is 9.10. The van der Waals surface area contributed by atoms with Crippen molar-refractivity contribution in [3.05, 3.63) is 61.8 Å². The summed E-state index contributed by atoms with van der Waals surface area (Å²) in [5.41, 5.74) is 1.39. The summed E-state index contributed by atoms with van der Waals surface area (Å²) in [6.07, 6.45) is 1.72. The Morgan fingerprint density at radius 1 is 1.27 bits per heavy atom. The molecule has 3 aromatic rings. The molecular formula is C18H13BrN2O5. The Kier molecular flexibility index (Phi) is 4.20. The van der Waals surface area contributed by atoms with Crippen LogP contribution in [0.5, 0.6) is 0 Å². The number of carbonyl (C=O) groups excluding carboxylic acids is 2. The van der Waals surface area contributed by atoms with Crippen molar-refractivity contribution < 1.29 is 18.7 Å². The second kappa shape index (κ2) is 6.53. The van der Waals surface area contributed by atoms with Crippen LogP contribution in [0.3, 0.4) is 0 Å². The molecule has 0 fully saturated rings. The van der Waals surface area contributed by atoms with Gasteiger partial charge in [-0.15, -0.1) is 0 Å². The summed E-state index contributed by atoms with van der Waals surface area (Å²) in [4.78, 5) is 43.2. The molecule has 1 aliphatic carbocycles. The van der Waals surface area contributed by atoms with Gasteiger partial charge in [0.25, 0.3) is 5.56 Å². The number of esters is 1. The van der Waals surface area contributed by atoms with Crippen LogP contribution in [0.2, 0.25) is 0 Å². The number of nitrogens with one attached hydrogen (secondary N) is 1. The lowest BCUT2D eigenvalue weighted by atomic mass is 9.94. The molecule has 0 amide bonds. The summed E-state index contributed by atoms with van der Waals surface area (Å²) in [5.74, 6) is -0.686. The minimum absolute atomic E-state index is 0.0823. The van der Waals surface area contributed by atoms with Crippen molar-refractivity contribution in [2.75, 3.05) is 0 Å². The van der Waals surface area contributed by atoms with E-state index in [1.54, 1.807) is 12.1 Å². The third-order valence-corrected chi connectivity index (χ3v) is 4.69. The quantitative estimate of drug-likeness (QED) is 0.657. The van der Waals surface area contributed by atoms with Gasteiger partial charge in [0.2, 0.25) is 5.89 Å². The zero-order valence-corrected chi connectivity index (χ0v) is 15.1. The van der Waals surface area contributed by atoms with Crippen LogP contribution in [0.15, 0.2) is 37.9 Å². The van der Waals surface area contributed by atoms with Crippen molar-refractivity contribution in [2.45, 2.75) is 25.9 Å². The van der Waals surface area contributed by atoms with Crippen LogP contribution in [0.1, 0.15) is 45.1 Å². The second-order valence-corrected chi connectivity index (χ2v) is 6.89. The average molecular weight is 417 g/mol. The van der Waals surface area contributed by atoms with Crippen molar-refractivity contribution in [2.24, 2.45) is 0 Å². The molecule has 7 nitrogen and oxygen atoms in total. The van der Waals surface area contributed by atoms with Crippen molar-refractivity contribution in [3.8, 4) is 0 Å². The van der Waals surface area contributed by atoms with E-state index in [0.29, 0.717) is 41.6 Å². The van der Waals surface area contributed by atoms with Gasteiger partial charge in [0.15, 0.2) is 18.0 Å². The average Bonchev–Trinajstić information content (AvgIpc) is 3.01. The molecule has 0 bridgehead atoms. The molecule has 0 aliphatic heterocycles. The number of benzene rings is 1. The fourth-order valence-corrected chi connectivity index (χ4v) is 3.28. The van der Waals surface area contributed by atoms with E-state index < -0.39 is 11.5 Å². The first-order chi connectivity index (χ1) is 12.5. The van der Waals surface area contributed by atoms with E-state index in [1.807, 2.05) is 6.07 Å². The smallest absolute Gasteiger partial charge is 0.344 e. The molecule has 26 heavy (non-hydrogen) atoms. The highest BCUT2D eigenvalue weighted by atomic mass is 79.9. The molecule has 132 valence electrons. The number of pyridine rings is 1. The lowest BCUT2D eigenvalue weighted by Gasteiger charge is -2.14. The number of hydrogen-bond donors (Lipinski definition) is 1. The first kappa shape index (κ1) is 16.7. The molecular weight excluding hydrogens is 404 g/mol. The van der Waals surface area contributed by atoms with Crippen molar-refractivity contribution in [1.29, 1.82) is 0 Å². The first-order valence-electron chi connectivity index (χ1n) is 8.03. The number of aromatic nitrogens is 2. The summed E-state index contributed by atoms with van der Waals surface area (Å²) < 4.78 is 11.5. The van der Waals surface area contributed by atoms with Crippen molar-refractivity contribution in [1.82, 2.24) is 9.97 Å². The van der Waals surface area contributed by atoms with Gasteiger partial charge in [0.1, 0.15) is 11.1 Å². The number of carbonyl (C=O) groups is 2. The molecule has 0 saturated heterocycles. The maximum absolute atomic E-state index is 12.3. The van der Waals surface area contributed by atoms with Crippen LogP contribution >= 0.6 is 15.9 Å². The Morgan fingerprint density at radius 2 is 2.12 bits per heavy atom. The Labute approximate surface area is 155 Å². The predicted molar refractivity (Wildman–Crippen MR) is 95.2 cm³/mol. The number of rotatable bonds is 3. The minimum Gasteiger partial charge on any atom is -0.452 e. The Hall–Kier alpha value is -2.74. The lowest BCUT2D eigenvalue weighted by Crippen LogP contribution is -2.25. The monoisotopic (exact) mass is 416 g/mol. The van der Waals surface area contributed by atoms with Crippen LogP contribution in [0.25, 0.3) is 11.1 Å². The van der Waals surface area contributed by atoms with E-state index in [1.165, 1.54) is 6.07 Å². The molecule has 0 unspecified atom stereocenters. The van der Waals surface area contributed by atoms with E-state index in [-0.39, 0.29) is 23.8 Å². The summed E-state index contributed by atoms with van der Waals surface area (Å²) in [5, 5.41) is 0. The van der Waals surface area contributed by atoms with Gasteiger partial charge in [0.05, 0.1) is 0 Å². The van der Waals surface area contributed by atoms with Gasteiger partial charge in [-0.25, -0.2) is 9.78 Å². The normalized spacial score (nSPS) is 13.7. The zero-order valence-electron chi connectivity index (χ0n) is 13.5. The molecule has 2 heterocycles. The van der Waals surface area contributed by atoms with Gasteiger partial charge in [-0.2, -0.15) is 0 Å². The second-order valence-electron chi connectivity index (χ2n) is 5.98. The highest BCUT2D eigenvalue weighted by Crippen LogP contribution is 2.22. The minimum atomic E-state index is -0.823. The molecule has 0 radical (unpaired) electrons. The number of hydrogen-bond acceptors (Lipinski definition) is 6. The maximum atomic E-state index is 12.3. The molecule has 0 atom stereocenters. The number of fused-ring (bicyclic) bond motifs is 2. The van der Waals surface area contributed by atoms with Gasteiger partial charge in [-0.1, -0.05) is 15.9 Å². The van der Waals surface area contributed by atoms with Crippen LogP contribution in [-0.4, -0.2) is 21.7 Å². The van der Waals surface area contributed by atoms with E-state index in [2.05, 4.69) is 25.9 Å². The maximum Gasteiger partial charge on any atom is 0.344 e. The Balaban J connectivity index is 1.55. The summed E-state index contributed by atoms with van der Waals surface area (Å²) in [6, 6.07) is 6.67. The van der Waals surface area contributed by atoms with E-state index in [0.717, 1.165) is 4.47 Å². The summed E-state index contributed by atoms with van der Waals surface area (Å²) >= 11 is 3.34. The molecule has 2 aromatic heterocycles. The van der Waals surface area contributed by atoms with Gasteiger partial charge in [0, 0.05) is 22.2 Å². The number of aromatic amines is 1. The fraction of sp³-hybridized carbons (Fsp3) is 0.222. The van der Waals surface area contributed by atoms with E-state index in [9.17, 15) is 14.4 Å². The summed E-state index contributed by atoms with van der Waals surface area (Å²) in [6.45, 7) is -0.213. The predicted octanol–water partition coefficient (Wildman–Crippen LogP) is 3.15. The van der Waals surface area contributed by atoms with Crippen molar-refractivity contribution >= 4 is 38.8 Å². The van der Waals surface area contributed by atoms with Crippen LogP contribution < -0.4 is 5.56 Å². The molecule has 1 N–H and O–H groups in total. The number of H-pyrrole nitrogens is 1. The van der Waals surface area contributed by atoms with E-state index in [4.69, 9.17) is 9.15 Å². The number of oxazole rings is 1. The van der Waals surface area contributed by atoms with Crippen LogP contribution in [0, 0.1) is 0 Å². The Morgan fingerprint density at radius 3 is 2.96 bits per heavy atom. The molecule has 1 aromatic carbocycles. The van der Waals surface area contributed by atoms with Gasteiger partial charge < -0.3 is 14.1 Å². The molecule has 1 aliphatic rings. The number of halogens is 1. The standard InChI is InChI=1S/C18H13BrN2O5/c19-9-4-5-13-15(6-9)26-16(20-13)8-25-18(24)11-7-10-12(21-17(11)23)2-1-3-14(10)22/h4-7H,1-3,8H2,(H,21,23). The molecule has 0 spiro atoms. The lowest BCUT2D eigenvalue weighted by molar-refractivity contribution is 0.0438. The zero-order chi connectivity index (χ0) is 18.3. The van der Waals surface area contributed by atoms with Crippen molar-refractivity contribution in [3.63, 3.8) is 0 Å². The first-order valence-corrected chi connectivity index (χ1v) is 8.82. The fourth-order valence-electron chi connectivity index (χ4n) is 2.94. The number of ketones is 1. The Bertz CT molecular complexity index is 1100. The molecule has 8 heteroatoms. The van der Waals surface area contributed by atoms with E-state index >= 15 is 0 Å². The van der Waals surface area contributed by atoms with Crippen LogP contribution in [-0.2, 0) is 17.8 Å². The number of Topliss-reactive ketones (excluding diaryl/α,β-unsaturated/α-hetero) is 1. The number of nitrogens with zero attached hydrogens (tertiary/aromatic N) is 1.